The van der Waals surface area contributed by atoms with E-state index in [1.165, 1.54) is 4.90 Å². The molecule has 6 nitrogen and oxygen atoms in total. The third-order valence-electron chi connectivity index (χ3n) is 5.23. The maximum Gasteiger partial charge on any atom is 0.228 e. The summed E-state index contributed by atoms with van der Waals surface area (Å²) in [6.45, 7) is 0.937. The van der Waals surface area contributed by atoms with E-state index in [0.29, 0.717) is 31.0 Å². The molecule has 26 heavy (non-hydrogen) atoms. The molecule has 0 spiro atoms. The van der Waals surface area contributed by atoms with Crippen molar-refractivity contribution >= 4 is 33.3 Å². The Morgan fingerprint density at radius 2 is 2.15 bits per heavy atom. The second kappa shape index (κ2) is 7.56. The lowest BCUT2D eigenvalue weighted by molar-refractivity contribution is -0.136. The third kappa shape index (κ3) is 4.38. The maximum absolute atomic E-state index is 12.7. The lowest BCUT2D eigenvalue weighted by Crippen LogP contribution is -2.42. The van der Waals surface area contributed by atoms with Crippen LogP contribution < -0.4 is 0 Å². The van der Waals surface area contributed by atoms with E-state index in [2.05, 4.69) is 0 Å². The summed E-state index contributed by atoms with van der Waals surface area (Å²) >= 11 is 5.98. The molecule has 2 saturated heterocycles. The molecule has 0 saturated carbocycles. The predicted octanol–water partition coefficient (Wildman–Crippen LogP) is 1.38. The van der Waals surface area contributed by atoms with Crippen LogP contribution in [-0.2, 0) is 25.8 Å². The van der Waals surface area contributed by atoms with Gasteiger partial charge in [-0.2, -0.15) is 0 Å². The Labute approximate surface area is 159 Å². The molecule has 2 heterocycles. The van der Waals surface area contributed by atoms with E-state index in [1.54, 1.807) is 18.0 Å². The Balaban J connectivity index is 1.56. The molecule has 2 aliphatic rings. The number of nitrogens with zero attached hydrogens (tertiary/aromatic N) is 2. The van der Waals surface area contributed by atoms with Gasteiger partial charge in [-0.15, -0.1) is 0 Å². The molecule has 2 amide bonds. The number of halogens is 1. The maximum atomic E-state index is 12.7. The van der Waals surface area contributed by atoms with Crippen LogP contribution in [0.4, 0.5) is 0 Å². The van der Waals surface area contributed by atoms with E-state index in [-0.39, 0.29) is 35.8 Å². The van der Waals surface area contributed by atoms with Crippen LogP contribution in [0.1, 0.15) is 18.4 Å². The number of carbonyl (C=O) groups excluding carboxylic acids is 2. The molecule has 0 aliphatic carbocycles. The van der Waals surface area contributed by atoms with Crippen LogP contribution in [0.15, 0.2) is 24.3 Å². The van der Waals surface area contributed by atoms with Crippen molar-refractivity contribution in [3.05, 3.63) is 34.9 Å². The minimum atomic E-state index is -3.04. The Bertz CT molecular complexity index is 811. The minimum Gasteiger partial charge on any atom is -0.342 e. The average molecular weight is 399 g/mol. The van der Waals surface area contributed by atoms with Crippen LogP contribution in [0.2, 0.25) is 5.02 Å². The van der Waals surface area contributed by atoms with Crippen molar-refractivity contribution in [3.8, 4) is 0 Å². The zero-order valence-electron chi connectivity index (χ0n) is 14.7. The quantitative estimate of drug-likeness (QED) is 0.750. The molecule has 2 fully saturated rings. The molecular formula is C18H23ClN2O4S. The van der Waals surface area contributed by atoms with Gasteiger partial charge in [-0.3, -0.25) is 9.59 Å². The lowest BCUT2D eigenvalue weighted by Gasteiger charge is -2.26. The first-order chi connectivity index (χ1) is 12.2. The van der Waals surface area contributed by atoms with Gasteiger partial charge in [0.2, 0.25) is 11.8 Å². The SMILES string of the molecule is CN(C(=O)C1CC(=O)N(CCc2cccc(Cl)c2)C1)C1CCS(=O)(=O)C1. The zero-order valence-corrected chi connectivity index (χ0v) is 16.3. The molecule has 2 aliphatic heterocycles. The summed E-state index contributed by atoms with van der Waals surface area (Å²) in [7, 11) is -1.40. The molecule has 1 aromatic rings. The van der Waals surface area contributed by atoms with Crippen molar-refractivity contribution in [2.45, 2.75) is 25.3 Å². The van der Waals surface area contributed by atoms with Gasteiger partial charge in [0.15, 0.2) is 9.84 Å². The van der Waals surface area contributed by atoms with Gasteiger partial charge >= 0.3 is 0 Å². The van der Waals surface area contributed by atoms with E-state index < -0.39 is 15.8 Å². The summed E-state index contributed by atoms with van der Waals surface area (Å²) in [5.41, 5.74) is 1.05. The monoisotopic (exact) mass is 398 g/mol. The molecule has 2 atom stereocenters. The first-order valence-corrected chi connectivity index (χ1v) is 10.9. The van der Waals surface area contributed by atoms with Gasteiger partial charge in [-0.05, 0) is 30.5 Å². The number of hydrogen-bond acceptors (Lipinski definition) is 4. The van der Waals surface area contributed by atoms with Crippen molar-refractivity contribution in [3.63, 3.8) is 0 Å². The fourth-order valence-corrected chi connectivity index (χ4v) is 5.65. The summed E-state index contributed by atoms with van der Waals surface area (Å²) in [6, 6.07) is 7.24. The van der Waals surface area contributed by atoms with Crippen LogP contribution in [0, 0.1) is 5.92 Å². The summed E-state index contributed by atoms with van der Waals surface area (Å²) in [4.78, 5) is 28.2. The second-order valence-corrected chi connectivity index (χ2v) is 9.79. The average Bonchev–Trinajstić information content (AvgIpc) is 3.14. The summed E-state index contributed by atoms with van der Waals surface area (Å²) < 4.78 is 23.3. The molecular weight excluding hydrogens is 376 g/mol. The standard InChI is InChI=1S/C18H23ClN2O4S/c1-20(16-6-8-26(24,25)12-16)18(23)14-10-17(22)21(11-14)7-5-13-3-2-4-15(19)9-13/h2-4,9,14,16H,5-8,10-12H2,1H3. The van der Waals surface area contributed by atoms with Gasteiger partial charge in [0.05, 0.1) is 17.4 Å². The van der Waals surface area contributed by atoms with Gasteiger partial charge < -0.3 is 9.80 Å². The molecule has 0 bridgehead atoms. The van der Waals surface area contributed by atoms with Crippen molar-refractivity contribution in [2.24, 2.45) is 5.92 Å². The molecule has 8 heteroatoms. The van der Waals surface area contributed by atoms with Gasteiger partial charge in [-0.25, -0.2) is 8.42 Å². The topological polar surface area (TPSA) is 74.8 Å². The molecule has 1 aromatic carbocycles. The van der Waals surface area contributed by atoms with E-state index in [0.717, 1.165) is 5.56 Å². The van der Waals surface area contributed by atoms with Crippen LogP contribution >= 0.6 is 11.6 Å². The smallest absolute Gasteiger partial charge is 0.228 e. The van der Waals surface area contributed by atoms with Crippen molar-refractivity contribution < 1.29 is 18.0 Å². The number of likely N-dealkylation sites (tertiary alicyclic amines) is 1. The number of amides is 2. The number of benzene rings is 1. The van der Waals surface area contributed by atoms with Crippen LogP contribution in [0.25, 0.3) is 0 Å². The number of hydrogen-bond donors (Lipinski definition) is 0. The van der Waals surface area contributed by atoms with E-state index in [4.69, 9.17) is 11.6 Å². The number of sulfone groups is 1. The summed E-state index contributed by atoms with van der Waals surface area (Å²) in [5, 5.41) is 0.663. The molecule has 2 unspecified atom stereocenters. The largest absolute Gasteiger partial charge is 0.342 e. The fraction of sp³-hybridized carbons (Fsp3) is 0.556. The lowest BCUT2D eigenvalue weighted by atomic mass is 10.1. The summed E-state index contributed by atoms with van der Waals surface area (Å²) in [6.07, 6.45) is 1.35. The van der Waals surface area contributed by atoms with Gasteiger partial charge in [0, 0.05) is 37.6 Å². The zero-order chi connectivity index (χ0) is 18.9. The summed E-state index contributed by atoms with van der Waals surface area (Å²) in [5.74, 6) is -0.405. The molecule has 142 valence electrons. The Morgan fingerprint density at radius 3 is 2.81 bits per heavy atom. The van der Waals surface area contributed by atoms with Crippen LogP contribution in [0.3, 0.4) is 0 Å². The fourth-order valence-electron chi connectivity index (χ4n) is 3.66. The molecule has 0 N–H and O–H groups in total. The molecule has 0 radical (unpaired) electrons. The van der Waals surface area contributed by atoms with Crippen LogP contribution in [0.5, 0.6) is 0 Å². The third-order valence-corrected chi connectivity index (χ3v) is 7.21. The number of carbonyl (C=O) groups is 2. The second-order valence-electron chi connectivity index (χ2n) is 7.13. The predicted molar refractivity (Wildman–Crippen MR) is 99.7 cm³/mol. The van der Waals surface area contributed by atoms with Crippen molar-refractivity contribution in [1.82, 2.24) is 9.80 Å². The first-order valence-electron chi connectivity index (χ1n) is 8.74. The van der Waals surface area contributed by atoms with E-state index in [9.17, 15) is 18.0 Å². The normalized spacial score (nSPS) is 24.8. The van der Waals surface area contributed by atoms with Crippen molar-refractivity contribution in [2.75, 3.05) is 31.6 Å². The Morgan fingerprint density at radius 1 is 1.38 bits per heavy atom. The highest BCUT2D eigenvalue weighted by atomic mass is 35.5. The van der Waals surface area contributed by atoms with Crippen molar-refractivity contribution in [1.29, 1.82) is 0 Å². The highest BCUT2D eigenvalue weighted by Gasteiger charge is 2.39. The molecule has 0 aromatic heterocycles. The van der Waals surface area contributed by atoms with E-state index in [1.807, 2.05) is 18.2 Å². The minimum absolute atomic E-state index is 0.0222. The van der Waals surface area contributed by atoms with Crippen LogP contribution in [-0.4, -0.2) is 67.7 Å². The van der Waals surface area contributed by atoms with E-state index >= 15 is 0 Å². The number of rotatable bonds is 5. The first kappa shape index (κ1) is 19.2. The molecule has 3 rings (SSSR count). The Kier molecular flexibility index (Phi) is 5.58. The Hall–Kier alpha value is -1.60. The van der Waals surface area contributed by atoms with Gasteiger partial charge in [-0.1, -0.05) is 23.7 Å². The van der Waals surface area contributed by atoms with Gasteiger partial charge in [0.1, 0.15) is 0 Å². The highest BCUT2D eigenvalue weighted by molar-refractivity contribution is 7.91. The van der Waals surface area contributed by atoms with Gasteiger partial charge in [0.25, 0.3) is 0 Å². The highest BCUT2D eigenvalue weighted by Crippen LogP contribution is 2.24.